The van der Waals surface area contributed by atoms with Gasteiger partial charge in [-0.15, -0.1) is 0 Å². The minimum Gasteiger partial charge on any atom is -0.484 e. The molecule has 26 heavy (non-hydrogen) atoms. The molecule has 0 atom stereocenters. The third kappa shape index (κ3) is 4.76. The fourth-order valence-corrected chi connectivity index (χ4v) is 2.97. The molecule has 1 amide bonds. The minimum atomic E-state index is -0.157. The molecule has 1 aliphatic rings. The summed E-state index contributed by atoms with van der Waals surface area (Å²) in [7, 11) is 2.15. The molecule has 0 unspecified atom stereocenters. The molecule has 0 bridgehead atoms. The van der Waals surface area contributed by atoms with E-state index >= 15 is 0 Å². The average Bonchev–Trinajstić information content (AvgIpc) is 2.64. The summed E-state index contributed by atoms with van der Waals surface area (Å²) >= 11 is 0. The Balaban J connectivity index is 1.50. The highest BCUT2D eigenvalue weighted by molar-refractivity contribution is 5.92. The van der Waals surface area contributed by atoms with Crippen molar-refractivity contribution in [2.24, 2.45) is 0 Å². The van der Waals surface area contributed by atoms with Gasteiger partial charge in [0, 0.05) is 37.6 Å². The van der Waals surface area contributed by atoms with Crippen LogP contribution in [0.4, 0.5) is 11.4 Å². The highest BCUT2D eigenvalue weighted by Gasteiger charge is 2.14. The molecule has 1 heterocycles. The number of carbonyl (C=O) groups excluding carboxylic acids is 1. The van der Waals surface area contributed by atoms with E-state index in [-0.39, 0.29) is 12.5 Å². The van der Waals surface area contributed by atoms with E-state index in [0.717, 1.165) is 37.4 Å². The van der Waals surface area contributed by atoms with Crippen LogP contribution in [0.3, 0.4) is 0 Å². The lowest BCUT2D eigenvalue weighted by Crippen LogP contribution is -2.44. The summed E-state index contributed by atoms with van der Waals surface area (Å²) in [4.78, 5) is 16.8. The zero-order valence-electron chi connectivity index (χ0n) is 15.8. The molecule has 0 radical (unpaired) electrons. The molecule has 0 saturated carbocycles. The van der Waals surface area contributed by atoms with Crippen molar-refractivity contribution in [3.8, 4) is 5.75 Å². The normalized spacial score (nSPS) is 15.0. The van der Waals surface area contributed by atoms with E-state index in [2.05, 4.69) is 41.2 Å². The van der Waals surface area contributed by atoms with Crippen molar-refractivity contribution in [1.82, 2.24) is 4.90 Å². The van der Waals surface area contributed by atoms with Gasteiger partial charge in [0.1, 0.15) is 5.75 Å². The summed E-state index contributed by atoms with van der Waals surface area (Å²) in [5, 5.41) is 2.88. The summed E-state index contributed by atoms with van der Waals surface area (Å²) in [5.74, 6) is 0.559. The zero-order valence-corrected chi connectivity index (χ0v) is 15.8. The van der Waals surface area contributed by atoms with E-state index in [4.69, 9.17) is 4.74 Å². The predicted molar refractivity (Wildman–Crippen MR) is 106 cm³/mol. The standard InChI is InChI=1S/C21H27N3O2/c1-16-4-9-20(14-17(16)2)26-15-21(25)22-18-5-7-19(8-6-18)24-12-10-23(3)11-13-24/h4-9,14H,10-13,15H2,1-3H3,(H,22,25). The van der Waals surface area contributed by atoms with Crippen LogP contribution in [-0.4, -0.2) is 50.6 Å². The summed E-state index contributed by atoms with van der Waals surface area (Å²) in [6, 6.07) is 13.9. The van der Waals surface area contributed by atoms with Crippen LogP contribution < -0.4 is 15.0 Å². The lowest BCUT2D eigenvalue weighted by Gasteiger charge is -2.34. The number of hydrogen-bond donors (Lipinski definition) is 1. The Morgan fingerprint density at radius 2 is 1.69 bits per heavy atom. The molecule has 3 rings (SSSR count). The van der Waals surface area contributed by atoms with Crippen molar-refractivity contribution in [2.45, 2.75) is 13.8 Å². The van der Waals surface area contributed by atoms with E-state index < -0.39 is 0 Å². The number of rotatable bonds is 5. The summed E-state index contributed by atoms with van der Waals surface area (Å²) in [6.45, 7) is 8.31. The number of ether oxygens (including phenoxy) is 1. The lowest BCUT2D eigenvalue weighted by molar-refractivity contribution is -0.118. The van der Waals surface area contributed by atoms with Crippen molar-refractivity contribution < 1.29 is 9.53 Å². The fraction of sp³-hybridized carbons (Fsp3) is 0.381. The second-order valence-corrected chi connectivity index (χ2v) is 6.92. The maximum atomic E-state index is 12.1. The number of carbonyl (C=O) groups is 1. The molecule has 5 nitrogen and oxygen atoms in total. The van der Waals surface area contributed by atoms with E-state index in [1.165, 1.54) is 11.3 Å². The third-order valence-corrected chi connectivity index (χ3v) is 4.87. The van der Waals surface area contributed by atoms with Crippen LogP contribution in [0.5, 0.6) is 5.75 Å². The van der Waals surface area contributed by atoms with Gasteiger partial charge in [0.2, 0.25) is 0 Å². The first-order valence-electron chi connectivity index (χ1n) is 9.05. The molecule has 1 N–H and O–H groups in total. The number of anilines is 2. The van der Waals surface area contributed by atoms with E-state index in [1.807, 2.05) is 37.3 Å². The maximum absolute atomic E-state index is 12.1. The number of hydrogen-bond acceptors (Lipinski definition) is 4. The first kappa shape index (κ1) is 18.3. The van der Waals surface area contributed by atoms with Crippen molar-refractivity contribution in [1.29, 1.82) is 0 Å². The zero-order chi connectivity index (χ0) is 18.5. The van der Waals surface area contributed by atoms with Crippen LogP contribution in [0.1, 0.15) is 11.1 Å². The largest absolute Gasteiger partial charge is 0.484 e. The van der Waals surface area contributed by atoms with Crippen LogP contribution in [0.25, 0.3) is 0 Å². The van der Waals surface area contributed by atoms with Crippen molar-refractivity contribution in [2.75, 3.05) is 50.1 Å². The lowest BCUT2D eigenvalue weighted by atomic mass is 10.1. The molecule has 5 heteroatoms. The van der Waals surface area contributed by atoms with Gasteiger partial charge in [-0.25, -0.2) is 0 Å². The Hall–Kier alpha value is -2.53. The number of nitrogens with one attached hydrogen (secondary N) is 1. The Bertz CT molecular complexity index is 750. The first-order valence-corrected chi connectivity index (χ1v) is 9.05. The second-order valence-electron chi connectivity index (χ2n) is 6.92. The molecule has 1 fully saturated rings. The second kappa shape index (κ2) is 8.23. The molecular formula is C21H27N3O2. The number of likely N-dealkylation sites (N-methyl/N-ethyl adjacent to an activating group) is 1. The van der Waals surface area contributed by atoms with Crippen LogP contribution in [-0.2, 0) is 4.79 Å². The highest BCUT2D eigenvalue weighted by atomic mass is 16.5. The Labute approximate surface area is 155 Å². The third-order valence-electron chi connectivity index (χ3n) is 4.87. The smallest absolute Gasteiger partial charge is 0.262 e. The fourth-order valence-electron chi connectivity index (χ4n) is 2.97. The number of benzene rings is 2. The van der Waals surface area contributed by atoms with Gasteiger partial charge in [-0.05, 0) is 68.4 Å². The quantitative estimate of drug-likeness (QED) is 0.897. The summed E-state index contributed by atoms with van der Waals surface area (Å²) in [5.41, 5.74) is 4.35. The minimum absolute atomic E-state index is 0.00269. The van der Waals surface area contributed by atoms with Crippen LogP contribution in [0.2, 0.25) is 0 Å². The van der Waals surface area contributed by atoms with Crippen molar-refractivity contribution in [3.63, 3.8) is 0 Å². The number of piperazine rings is 1. The highest BCUT2D eigenvalue weighted by Crippen LogP contribution is 2.20. The maximum Gasteiger partial charge on any atom is 0.262 e. The number of aryl methyl sites for hydroxylation is 2. The van der Waals surface area contributed by atoms with Gasteiger partial charge in [-0.3, -0.25) is 4.79 Å². The topological polar surface area (TPSA) is 44.8 Å². The SMILES string of the molecule is Cc1ccc(OCC(=O)Nc2ccc(N3CCN(C)CC3)cc2)cc1C. The summed E-state index contributed by atoms with van der Waals surface area (Å²) < 4.78 is 5.58. The first-order chi connectivity index (χ1) is 12.5. The molecule has 138 valence electrons. The Morgan fingerprint density at radius 3 is 2.35 bits per heavy atom. The Kier molecular flexibility index (Phi) is 5.78. The monoisotopic (exact) mass is 353 g/mol. The van der Waals surface area contributed by atoms with Gasteiger partial charge < -0.3 is 19.9 Å². The summed E-state index contributed by atoms with van der Waals surface area (Å²) in [6.07, 6.45) is 0. The molecule has 2 aromatic carbocycles. The van der Waals surface area contributed by atoms with Gasteiger partial charge in [-0.2, -0.15) is 0 Å². The van der Waals surface area contributed by atoms with Crippen LogP contribution in [0, 0.1) is 13.8 Å². The van der Waals surface area contributed by atoms with Gasteiger partial charge in [0.05, 0.1) is 0 Å². The van der Waals surface area contributed by atoms with Crippen molar-refractivity contribution >= 4 is 17.3 Å². The van der Waals surface area contributed by atoms with Gasteiger partial charge in [0.25, 0.3) is 5.91 Å². The van der Waals surface area contributed by atoms with E-state index in [1.54, 1.807) is 0 Å². The average molecular weight is 353 g/mol. The molecule has 2 aromatic rings. The predicted octanol–water partition coefficient (Wildman–Crippen LogP) is 3.07. The molecular weight excluding hydrogens is 326 g/mol. The molecule has 0 aromatic heterocycles. The molecule has 1 aliphatic heterocycles. The Morgan fingerprint density at radius 1 is 1.00 bits per heavy atom. The van der Waals surface area contributed by atoms with Crippen LogP contribution in [0.15, 0.2) is 42.5 Å². The number of amides is 1. The van der Waals surface area contributed by atoms with E-state index in [9.17, 15) is 4.79 Å². The van der Waals surface area contributed by atoms with Gasteiger partial charge in [0.15, 0.2) is 6.61 Å². The number of nitrogens with zero attached hydrogens (tertiary/aromatic N) is 2. The van der Waals surface area contributed by atoms with Gasteiger partial charge in [-0.1, -0.05) is 6.07 Å². The molecule has 0 aliphatic carbocycles. The molecule has 0 spiro atoms. The van der Waals surface area contributed by atoms with E-state index in [0.29, 0.717) is 5.75 Å². The van der Waals surface area contributed by atoms with Crippen LogP contribution >= 0.6 is 0 Å². The van der Waals surface area contributed by atoms with Gasteiger partial charge >= 0.3 is 0 Å². The molecule has 1 saturated heterocycles. The van der Waals surface area contributed by atoms with Crippen molar-refractivity contribution in [3.05, 3.63) is 53.6 Å².